The molecule has 1 aliphatic rings. The highest BCUT2D eigenvalue weighted by molar-refractivity contribution is 5.92. The van der Waals surface area contributed by atoms with Gasteiger partial charge in [0.15, 0.2) is 11.2 Å². The van der Waals surface area contributed by atoms with Crippen LogP contribution in [-0.4, -0.2) is 18.9 Å². The quantitative estimate of drug-likeness (QED) is 0.436. The predicted molar refractivity (Wildman–Crippen MR) is 94.6 cm³/mol. The van der Waals surface area contributed by atoms with Crippen LogP contribution < -0.4 is 4.57 Å². The zero-order valence-corrected chi connectivity index (χ0v) is 13.4. The van der Waals surface area contributed by atoms with Crippen molar-refractivity contribution in [3.8, 4) is 17.1 Å². The van der Waals surface area contributed by atoms with Crippen molar-refractivity contribution in [3.05, 3.63) is 79.0 Å². The normalized spacial score (nSPS) is 12.6. The SMILES string of the molecule is c1ccc(-n2c3[n+](c4cn5cccnc5c42)Cc2ncccc2-3)cc1. The summed E-state index contributed by atoms with van der Waals surface area (Å²) in [7, 11) is 0. The van der Waals surface area contributed by atoms with Crippen molar-refractivity contribution in [2.45, 2.75) is 6.54 Å². The minimum Gasteiger partial charge on any atom is -0.300 e. The molecule has 5 heteroatoms. The van der Waals surface area contributed by atoms with Crippen molar-refractivity contribution in [1.82, 2.24) is 18.9 Å². The molecular weight excluding hydrogens is 310 g/mol. The van der Waals surface area contributed by atoms with Crippen LogP contribution in [0.3, 0.4) is 0 Å². The Bertz CT molecular complexity index is 1260. The Morgan fingerprint density at radius 3 is 2.72 bits per heavy atom. The molecule has 1 aromatic carbocycles. The predicted octanol–water partition coefficient (Wildman–Crippen LogP) is 2.99. The average molecular weight is 324 g/mol. The highest BCUT2D eigenvalue weighted by Gasteiger charge is 2.37. The molecule has 0 amide bonds. The fourth-order valence-corrected chi connectivity index (χ4v) is 3.90. The molecule has 0 atom stereocenters. The maximum atomic E-state index is 4.64. The molecule has 0 spiro atoms. The fourth-order valence-electron chi connectivity index (χ4n) is 3.90. The Morgan fingerprint density at radius 2 is 1.80 bits per heavy atom. The van der Waals surface area contributed by atoms with E-state index in [1.54, 1.807) is 0 Å². The number of hydrogen-bond acceptors (Lipinski definition) is 2. The molecule has 0 unspecified atom stereocenters. The van der Waals surface area contributed by atoms with Crippen LogP contribution in [0.4, 0.5) is 0 Å². The maximum Gasteiger partial charge on any atom is 0.297 e. The molecular formula is C20H14N5+. The molecule has 0 fully saturated rings. The lowest BCUT2D eigenvalue weighted by Gasteiger charge is -2.01. The second-order valence-corrected chi connectivity index (χ2v) is 6.29. The molecule has 6 rings (SSSR count). The monoisotopic (exact) mass is 324 g/mol. The first-order chi connectivity index (χ1) is 12.4. The lowest BCUT2D eigenvalue weighted by molar-refractivity contribution is -0.646. The van der Waals surface area contributed by atoms with Gasteiger partial charge in [-0.3, -0.25) is 4.98 Å². The number of imidazole rings is 1. The van der Waals surface area contributed by atoms with Gasteiger partial charge in [-0.05, 0) is 30.3 Å². The maximum absolute atomic E-state index is 4.64. The summed E-state index contributed by atoms with van der Waals surface area (Å²) in [4.78, 5) is 9.22. The van der Waals surface area contributed by atoms with Crippen molar-refractivity contribution in [1.29, 1.82) is 0 Å². The molecule has 118 valence electrons. The third-order valence-corrected chi connectivity index (χ3v) is 4.93. The zero-order valence-electron chi connectivity index (χ0n) is 13.4. The van der Waals surface area contributed by atoms with Gasteiger partial charge in [0.1, 0.15) is 12.2 Å². The number of rotatable bonds is 1. The second kappa shape index (κ2) is 4.54. The molecule has 0 saturated heterocycles. The van der Waals surface area contributed by atoms with E-state index in [1.165, 1.54) is 16.9 Å². The first-order valence-corrected chi connectivity index (χ1v) is 8.31. The summed E-state index contributed by atoms with van der Waals surface area (Å²) < 4.78 is 6.74. The molecule has 5 heterocycles. The van der Waals surface area contributed by atoms with E-state index < -0.39 is 0 Å². The van der Waals surface area contributed by atoms with E-state index in [2.05, 4.69) is 60.0 Å². The van der Waals surface area contributed by atoms with Crippen LogP contribution in [0, 0.1) is 0 Å². The van der Waals surface area contributed by atoms with E-state index in [0.29, 0.717) is 0 Å². The standard InChI is InChI=1S/C20H14N5/c1-2-6-14(7-3-1)25-18-17(13-23-11-5-10-22-19(18)23)24-12-16-15(20(24)25)8-4-9-21-16/h1-11,13H,12H2/q+1. The van der Waals surface area contributed by atoms with Crippen molar-refractivity contribution in [3.63, 3.8) is 0 Å². The van der Waals surface area contributed by atoms with Crippen LogP contribution in [0.2, 0.25) is 0 Å². The van der Waals surface area contributed by atoms with Crippen molar-refractivity contribution in [2.75, 3.05) is 0 Å². The second-order valence-electron chi connectivity index (χ2n) is 6.29. The first-order valence-electron chi connectivity index (χ1n) is 8.31. The van der Waals surface area contributed by atoms with Crippen LogP contribution in [-0.2, 0) is 6.54 Å². The highest BCUT2D eigenvalue weighted by Crippen LogP contribution is 2.34. The van der Waals surface area contributed by atoms with E-state index in [0.717, 1.165) is 29.1 Å². The number of nitrogens with zero attached hydrogens (tertiary/aromatic N) is 5. The van der Waals surface area contributed by atoms with Crippen molar-refractivity contribution in [2.24, 2.45) is 0 Å². The molecule has 5 aromatic rings. The Hall–Kier alpha value is -3.47. The van der Waals surface area contributed by atoms with E-state index in [4.69, 9.17) is 0 Å². The molecule has 1 aliphatic heterocycles. The van der Waals surface area contributed by atoms with Gasteiger partial charge in [-0.15, -0.1) is 0 Å². The Balaban J connectivity index is 1.84. The lowest BCUT2D eigenvalue weighted by atomic mass is 10.2. The number of para-hydroxylation sites is 1. The number of benzene rings is 1. The third kappa shape index (κ3) is 1.59. The van der Waals surface area contributed by atoms with E-state index in [9.17, 15) is 0 Å². The van der Waals surface area contributed by atoms with Crippen LogP contribution in [0.25, 0.3) is 33.8 Å². The third-order valence-electron chi connectivity index (χ3n) is 4.93. The van der Waals surface area contributed by atoms with E-state index in [1.807, 2.05) is 36.8 Å². The topological polar surface area (TPSA) is 39.0 Å². The van der Waals surface area contributed by atoms with E-state index >= 15 is 0 Å². The molecule has 0 N–H and O–H groups in total. The van der Waals surface area contributed by atoms with Crippen molar-refractivity contribution >= 4 is 16.7 Å². The summed E-state index contributed by atoms with van der Waals surface area (Å²) in [6.07, 6.45) is 7.92. The first kappa shape index (κ1) is 12.9. The van der Waals surface area contributed by atoms with Gasteiger partial charge in [-0.1, -0.05) is 18.2 Å². The van der Waals surface area contributed by atoms with Gasteiger partial charge < -0.3 is 4.40 Å². The Morgan fingerprint density at radius 1 is 0.920 bits per heavy atom. The summed E-state index contributed by atoms with van der Waals surface area (Å²) >= 11 is 0. The summed E-state index contributed by atoms with van der Waals surface area (Å²) in [6, 6.07) is 16.6. The minimum absolute atomic E-state index is 0.790. The highest BCUT2D eigenvalue weighted by atomic mass is 15.2. The van der Waals surface area contributed by atoms with Crippen LogP contribution in [0.5, 0.6) is 0 Å². The van der Waals surface area contributed by atoms with Crippen LogP contribution in [0.15, 0.2) is 73.3 Å². The molecule has 4 aromatic heterocycles. The van der Waals surface area contributed by atoms with Gasteiger partial charge in [0.2, 0.25) is 5.52 Å². The summed E-state index contributed by atoms with van der Waals surface area (Å²) in [5.41, 5.74) is 6.72. The van der Waals surface area contributed by atoms with E-state index in [-0.39, 0.29) is 0 Å². The summed E-state index contributed by atoms with van der Waals surface area (Å²) in [5.74, 6) is 1.17. The zero-order chi connectivity index (χ0) is 16.4. The Kier molecular flexibility index (Phi) is 2.34. The van der Waals surface area contributed by atoms with Gasteiger partial charge in [0.05, 0.1) is 17.5 Å². The smallest absolute Gasteiger partial charge is 0.297 e. The molecule has 25 heavy (non-hydrogen) atoms. The van der Waals surface area contributed by atoms with Crippen LogP contribution in [0.1, 0.15) is 5.69 Å². The largest absolute Gasteiger partial charge is 0.300 e. The number of hydrogen-bond donors (Lipinski definition) is 0. The Labute approximate surface area is 143 Å². The molecule has 0 saturated carbocycles. The number of aromatic nitrogens is 5. The molecule has 5 nitrogen and oxygen atoms in total. The van der Waals surface area contributed by atoms with Gasteiger partial charge in [0.25, 0.3) is 5.82 Å². The van der Waals surface area contributed by atoms with Gasteiger partial charge in [-0.2, -0.15) is 4.57 Å². The number of pyridine rings is 1. The van der Waals surface area contributed by atoms with Crippen LogP contribution >= 0.6 is 0 Å². The molecule has 0 aliphatic carbocycles. The number of fused-ring (bicyclic) bond motifs is 7. The lowest BCUT2D eigenvalue weighted by Crippen LogP contribution is -2.31. The molecule has 0 bridgehead atoms. The molecule has 0 radical (unpaired) electrons. The van der Waals surface area contributed by atoms with Gasteiger partial charge in [-0.25, -0.2) is 9.55 Å². The summed E-state index contributed by atoms with van der Waals surface area (Å²) in [6.45, 7) is 0.790. The van der Waals surface area contributed by atoms with Gasteiger partial charge >= 0.3 is 0 Å². The average Bonchev–Trinajstić information content (AvgIpc) is 3.30. The van der Waals surface area contributed by atoms with Gasteiger partial charge in [0, 0.05) is 18.6 Å². The fraction of sp³-hybridized carbons (Fsp3) is 0.0500. The van der Waals surface area contributed by atoms with Crippen molar-refractivity contribution < 1.29 is 4.57 Å². The summed E-state index contributed by atoms with van der Waals surface area (Å²) in [5, 5.41) is 0. The minimum atomic E-state index is 0.790.